The number of rotatable bonds is 2. The first-order valence-electron chi connectivity index (χ1n) is 6.06. The van der Waals surface area contributed by atoms with Gasteiger partial charge in [-0.2, -0.15) is 0 Å². The van der Waals surface area contributed by atoms with Gasteiger partial charge in [-0.15, -0.1) is 4.90 Å². The van der Waals surface area contributed by atoms with Crippen molar-refractivity contribution in [2.75, 3.05) is 11.9 Å². The lowest BCUT2D eigenvalue weighted by molar-refractivity contribution is -0.627. The molecule has 2 nitrogen and oxygen atoms in total. The molecule has 0 amide bonds. The molecule has 0 saturated carbocycles. The maximum atomic E-state index is 5.41. The van der Waals surface area contributed by atoms with Crippen LogP contribution >= 0.6 is 11.3 Å². The molecule has 0 bridgehead atoms. The van der Waals surface area contributed by atoms with Crippen molar-refractivity contribution in [2.24, 2.45) is 7.05 Å². The van der Waals surface area contributed by atoms with Crippen molar-refractivity contribution in [3.63, 3.8) is 0 Å². The van der Waals surface area contributed by atoms with Crippen molar-refractivity contribution in [1.29, 1.82) is 0 Å². The fourth-order valence-electron chi connectivity index (χ4n) is 2.22. The molecule has 0 radical (unpaired) electrons. The third-order valence-corrected chi connectivity index (χ3v) is 4.87. The van der Waals surface area contributed by atoms with E-state index >= 15 is 0 Å². The average Bonchev–Trinajstić information content (AvgIpc) is 2.77. The van der Waals surface area contributed by atoms with Crippen molar-refractivity contribution < 1.29 is 4.57 Å². The highest BCUT2D eigenvalue weighted by Crippen LogP contribution is 2.31. The Labute approximate surface area is 122 Å². The van der Waals surface area contributed by atoms with E-state index in [-0.39, 0.29) is 0 Å². The molecule has 0 unspecified atom stereocenters. The SMILES string of the molecule is CN(c1ccccc1[S-])c1sc2ccccc2[n+]1C. The minimum Gasteiger partial charge on any atom is -0.776 e. The molecule has 96 valence electrons. The number of nitrogens with zero attached hydrogens (tertiary/aromatic N) is 2. The number of fused-ring (bicyclic) bond motifs is 1. The van der Waals surface area contributed by atoms with Gasteiger partial charge >= 0.3 is 5.13 Å². The van der Waals surface area contributed by atoms with Gasteiger partial charge < -0.3 is 12.6 Å². The number of aryl methyl sites for hydroxylation is 1. The van der Waals surface area contributed by atoms with Crippen LogP contribution < -0.4 is 9.47 Å². The lowest BCUT2D eigenvalue weighted by Crippen LogP contribution is -2.33. The molecule has 4 heteroatoms. The van der Waals surface area contributed by atoms with E-state index in [2.05, 4.69) is 53.9 Å². The van der Waals surface area contributed by atoms with Crippen LogP contribution in [0.5, 0.6) is 0 Å². The van der Waals surface area contributed by atoms with Crippen LogP contribution in [0.3, 0.4) is 0 Å². The van der Waals surface area contributed by atoms with Gasteiger partial charge in [0.25, 0.3) is 0 Å². The summed E-state index contributed by atoms with van der Waals surface area (Å²) in [5.41, 5.74) is 2.32. The summed E-state index contributed by atoms with van der Waals surface area (Å²) in [7, 11) is 4.16. The highest BCUT2D eigenvalue weighted by Gasteiger charge is 2.21. The van der Waals surface area contributed by atoms with E-state index in [4.69, 9.17) is 12.6 Å². The molecule has 1 aromatic heterocycles. The van der Waals surface area contributed by atoms with E-state index in [0.717, 1.165) is 10.6 Å². The van der Waals surface area contributed by atoms with Gasteiger partial charge in [-0.1, -0.05) is 30.3 Å². The van der Waals surface area contributed by atoms with E-state index in [1.54, 1.807) is 11.3 Å². The second-order valence-corrected chi connectivity index (χ2v) is 5.89. The number of thiazole rings is 1. The van der Waals surface area contributed by atoms with Crippen LogP contribution in [0.15, 0.2) is 53.4 Å². The maximum absolute atomic E-state index is 5.41. The summed E-state index contributed by atoms with van der Waals surface area (Å²) in [5, 5.41) is 1.18. The molecule has 0 N–H and O–H groups in total. The quantitative estimate of drug-likeness (QED) is 0.526. The molecule has 0 aliphatic carbocycles. The van der Waals surface area contributed by atoms with Gasteiger partial charge in [-0.05, 0) is 29.5 Å². The summed E-state index contributed by atoms with van der Waals surface area (Å²) in [5.74, 6) is 0. The van der Waals surface area contributed by atoms with Gasteiger partial charge in [-0.25, -0.2) is 9.47 Å². The Balaban J connectivity index is 2.14. The van der Waals surface area contributed by atoms with Crippen LogP contribution in [0.1, 0.15) is 0 Å². The van der Waals surface area contributed by atoms with E-state index in [9.17, 15) is 0 Å². The monoisotopic (exact) mass is 286 g/mol. The second-order valence-electron chi connectivity index (χ2n) is 4.44. The highest BCUT2D eigenvalue weighted by molar-refractivity contribution is 7.59. The van der Waals surface area contributed by atoms with Gasteiger partial charge in [0.15, 0.2) is 0 Å². The number of benzene rings is 2. The molecule has 1 heterocycles. The normalized spacial score (nSPS) is 10.8. The summed E-state index contributed by atoms with van der Waals surface area (Å²) in [6.07, 6.45) is 0. The van der Waals surface area contributed by atoms with Crippen molar-refractivity contribution in [2.45, 2.75) is 4.90 Å². The molecular weight excluding hydrogens is 272 g/mol. The zero-order chi connectivity index (χ0) is 13.4. The number of para-hydroxylation sites is 2. The number of hydrogen-bond acceptors (Lipinski definition) is 3. The first-order chi connectivity index (χ1) is 9.18. The van der Waals surface area contributed by atoms with Crippen molar-refractivity contribution in [3.05, 3.63) is 48.5 Å². The largest absolute Gasteiger partial charge is 0.776 e. The van der Waals surface area contributed by atoms with Crippen LogP contribution in [0.2, 0.25) is 0 Å². The molecule has 3 aromatic rings. The third kappa shape index (κ3) is 2.07. The van der Waals surface area contributed by atoms with Gasteiger partial charge in [0.05, 0.1) is 18.8 Å². The molecule has 0 aliphatic heterocycles. The molecule has 0 fully saturated rings. The molecule has 2 aromatic carbocycles. The van der Waals surface area contributed by atoms with Crippen LogP contribution in [0, 0.1) is 0 Å². The Kier molecular flexibility index (Phi) is 3.12. The Hall–Kier alpha value is -1.65. The van der Waals surface area contributed by atoms with Crippen molar-refractivity contribution in [3.8, 4) is 0 Å². The zero-order valence-electron chi connectivity index (χ0n) is 10.8. The number of aromatic nitrogens is 1. The summed E-state index contributed by atoms with van der Waals surface area (Å²) in [6, 6.07) is 16.5. The second kappa shape index (κ2) is 4.79. The third-order valence-electron chi connectivity index (χ3n) is 3.23. The summed E-state index contributed by atoms with van der Waals surface area (Å²) in [4.78, 5) is 3.04. The number of anilines is 2. The zero-order valence-corrected chi connectivity index (χ0v) is 12.5. The van der Waals surface area contributed by atoms with E-state index in [0.29, 0.717) is 0 Å². The van der Waals surface area contributed by atoms with Crippen molar-refractivity contribution >= 4 is 45.0 Å². The standard InChI is InChI=1S/C15H14N2S2/c1-16(11-7-3-5-9-13(11)18)15-17(2)12-8-4-6-10-14(12)19-15/h3-10H,1-2H3. The molecule has 0 spiro atoms. The molecule has 0 saturated heterocycles. The lowest BCUT2D eigenvalue weighted by Gasteiger charge is -2.17. The van der Waals surface area contributed by atoms with E-state index in [1.165, 1.54) is 15.3 Å². The maximum Gasteiger partial charge on any atom is 0.341 e. The van der Waals surface area contributed by atoms with Crippen LogP contribution in [0.25, 0.3) is 10.2 Å². The summed E-state index contributed by atoms with van der Waals surface area (Å²) >= 11 is 7.18. The minimum atomic E-state index is 0.877. The fourth-order valence-corrected chi connectivity index (χ4v) is 3.63. The topological polar surface area (TPSA) is 7.12 Å². The van der Waals surface area contributed by atoms with E-state index < -0.39 is 0 Å². The first-order valence-corrected chi connectivity index (χ1v) is 7.28. The Bertz CT molecular complexity index is 734. The Morgan fingerprint density at radius 3 is 2.47 bits per heavy atom. The van der Waals surface area contributed by atoms with Crippen LogP contribution in [0.4, 0.5) is 10.8 Å². The molecule has 19 heavy (non-hydrogen) atoms. The molecular formula is C15H14N2S2. The number of hydrogen-bond donors (Lipinski definition) is 0. The Morgan fingerprint density at radius 1 is 1.05 bits per heavy atom. The van der Waals surface area contributed by atoms with Gasteiger partial charge in [0, 0.05) is 0 Å². The lowest BCUT2D eigenvalue weighted by atomic mass is 10.3. The fraction of sp³-hybridized carbons (Fsp3) is 0.133. The summed E-state index contributed by atoms with van der Waals surface area (Å²) < 4.78 is 3.50. The summed E-state index contributed by atoms with van der Waals surface area (Å²) in [6.45, 7) is 0. The van der Waals surface area contributed by atoms with E-state index in [1.807, 2.05) is 18.2 Å². The van der Waals surface area contributed by atoms with Crippen molar-refractivity contribution in [1.82, 2.24) is 0 Å². The average molecular weight is 286 g/mol. The predicted molar refractivity (Wildman–Crippen MR) is 83.1 cm³/mol. The smallest absolute Gasteiger partial charge is 0.341 e. The highest BCUT2D eigenvalue weighted by atomic mass is 32.1. The molecule has 0 atom stereocenters. The first kappa shape index (κ1) is 12.4. The molecule has 3 rings (SSSR count). The predicted octanol–water partition coefficient (Wildman–Crippen LogP) is 3.40. The van der Waals surface area contributed by atoms with Crippen LogP contribution in [-0.2, 0) is 19.7 Å². The molecule has 0 aliphatic rings. The Morgan fingerprint density at radius 2 is 1.74 bits per heavy atom. The van der Waals surface area contributed by atoms with Gasteiger partial charge in [-0.3, -0.25) is 0 Å². The van der Waals surface area contributed by atoms with Gasteiger partial charge in [0.1, 0.15) is 11.2 Å². The van der Waals surface area contributed by atoms with Crippen LogP contribution in [-0.4, -0.2) is 7.05 Å². The van der Waals surface area contributed by atoms with Gasteiger partial charge in [0.2, 0.25) is 0 Å². The minimum absolute atomic E-state index is 0.877.